The number of methoxy groups -OCH3 is 1. The van der Waals surface area contributed by atoms with Crippen LogP contribution in [0.2, 0.25) is 0 Å². The lowest BCUT2D eigenvalue weighted by Gasteiger charge is -2.50. The molecule has 0 radical (unpaired) electrons. The van der Waals surface area contributed by atoms with E-state index in [1.807, 2.05) is 13.0 Å². The lowest BCUT2D eigenvalue weighted by atomic mass is 9.75. The summed E-state index contributed by atoms with van der Waals surface area (Å²) in [5.74, 6) is 0.855. The molecule has 1 aromatic carbocycles. The second-order valence-electron chi connectivity index (χ2n) is 9.93. The van der Waals surface area contributed by atoms with Crippen molar-refractivity contribution in [2.24, 2.45) is 5.41 Å². The second-order valence-corrected chi connectivity index (χ2v) is 9.93. The highest BCUT2D eigenvalue weighted by atomic mass is 19.1. The number of ether oxygens (including phenoxy) is 3. The number of nitrogens with one attached hydrogen (secondary N) is 1. The molecule has 196 valence electrons. The number of benzene rings is 1. The molecule has 4 aromatic rings. The normalized spacial score (nSPS) is 15.2. The Morgan fingerprint density at radius 2 is 1.81 bits per heavy atom. The standard InChI is InChI=1S/C28H34FN5O3/c1-5-28(6-2)15-34(16-28)9-7-8-10-36-23-13-21-19(12-22(23)35-4)27(32-17-31-21)37-24-14-30-26-20(25(24)29)11-18(3)33-26/h11-14,17H,5-10,15-16H2,1-4H3,(H,30,33). The molecule has 1 saturated heterocycles. The minimum absolute atomic E-state index is 0.0110. The number of H-pyrrole nitrogens is 1. The van der Waals surface area contributed by atoms with Gasteiger partial charge < -0.3 is 24.1 Å². The predicted molar refractivity (Wildman–Crippen MR) is 141 cm³/mol. The highest BCUT2D eigenvalue weighted by molar-refractivity contribution is 5.87. The van der Waals surface area contributed by atoms with E-state index in [0.29, 0.717) is 45.5 Å². The zero-order chi connectivity index (χ0) is 26.0. The van der Waals surface area contributed by atoms with Gasteiger partial charge in [0.05, 0.1) is 36.2 Å². The van der Waals surface area contributed by atoms with Gasteiger partial charge >= 0.3 is 0 Å². The molecular weight excluding hydrogens is 473 g/mol. The molecule has 0 amide bonds. The van der Waals surface area contributed by atoms with E-state index in [2.05, 4.69) is 38.7 Å². The van der Waals surface area contributed by atoms with Crippen molar-refractivity contribution in [2.45, 2.75) is 46.5 Å². The Balaban J connectivity index is 1.25. The van der Waals surface area contributed by atoms with E-state index in [-0.39, 0.29) is 11.6 Å². The number of likely N-dealkylation sites (tertiary alicyclic amines) is 1. The van der Waals surface area contributed by atoms with E-state index in [1.165, 1.54) is 38.5 Å². The van der Waals surface area contributed by atoms with Crippen molar-refractivity contribution in [3.05, 3.63) is 42.2 Å². The van der Waals surface area contributed by atoms with E-state index >= 15 is 4.39 Å². The maximum absolute atomic E-state index is 15.1. The Morgan fingerprint density at radius 3 is 2.57 bits per heavy atom. The second kappa shape index (κ2) is 10.5. The topological polar surface area (TPSA) is 85.4 Å². The van der Waals surface area contributed by atoms with Gasteiger partial charge in [-0.15, -0.1) is 0 Å². The molecule has 0 atom stereocenters. The van der Waals surface area contributed by atoms with Crippen molar-refractivity contribution in [1.82, 2.24) is 24.8 Å². The number of nitrogens with zero attached hydrogens (tertiary/aromatic N) is 4. The summed E-state index contributed by atoms with van der Waals surface area (Å²) in [5, 5.41) is 0.954. The van der Waals surface area contributed by atoms with Crippen LogP contribution in [-0.4, -0.2) is 58.2 Å². The van der Waals surface area contributed by atoms with Crippen LogP contribution in [0, 0.1) is 18.2 Å². The van der Waals surface area contributed by atoms with Crippen molar-refractivity contribution in [1.29, 1.82) is 0 Å². The van der Waals surface area contributed by atoms with Gasteiger partial charge in [0.1, 0.15) is 12.0 Å². The third kappa shape index (κ3) is 5.05. The van der Waals surface area contributed by atoms with Gasteiger partial charge in [0.15, 0.2) is 23.1 Å². The number of aromatic nitrogens is 4. The van der Waals surface area contributed by atoms with Gasteiger partial charge in [0.25, 0.3) is 0 Å². The van der Waals surface area contributed by atoms with E-state index in [0.717, 1.165) is 25.1 Å². The van der Waals surface area contributed by atoms with E-state index in [4.69, 9.17) is 14.2 Å². The summed E-state index contributed by atoms with van der Waals surface area (Å²) in [7, 11) is 1.59. The lowest BCUT2D eigenvalue weighted by molar-refractivity contribution is -0.00709. The monoisotopic (exact) mass is 507 g/mol. The molecule has 9 heteroatoms. The first-order valence-electron chi connectivity index (χ1n) is 12.9. The first-order valence-corrected chi connectivity index (χ1v) is 12.9. The smallest absolute Gasteiger partial charge is 0.230 e. The molecular formula is C28H34FN5O3. The van der Waals surface area contributed by atoms with Gasteiger partial charge in [0, 0.05) is 24.8 Å². The van der Waals surface area contributed by atoms with Crippen molar-refractivity contribution < 1.29 is 18.6 Å². The predicted octanol–water partition coefficient (Wildman–Crippen LogP) is 6.04. The fourth-order valence-electron chi connectivity index (χ4n) is 5.10. The number of unbranched alkanes of at least 4 members (excludes halogenated alkanes) is 1. The van der Waals surface area contributed by atoms with Gasteiger partial charge in [-0.05, 0) is 56.7 Å². The van der Waals surface area contributed by atoms with Crippen LogP contribution in [-0.2, 0) is 0 Å². The van der Waals surface area contributed by atoms with Crippen molar-refractivity contribution in [3.8, 4) is 23.1 Å². The van der Waals surface area contributed by atoms with Gasteiger partial charge in [-0.1, -0.05) is 13.8 Å². The van der Waals surface area contributed by atoms with Gasteiger partial charge in [-0.25, -0.2) is 19.3 Å². The van der Waals surface area contributed by atoms with Crippen LogP contribution in [0.3, 0.4) is 0 Å². The molecule has 3 aromatic heterocycles. The van der Waals surface area contributed by atoms with Crippen LogP contribution in [0.5, 0.6) is 23.1 Å². The van der Waals surface area contributed by atoms with E-state index < -0.39 is 5.82 Å². The molecule has 1 N–H and O–H groups in total. The lowest BCUT2D eigenvalue weighted by Crippen LogP contribution is -2.55. The molecule has 37 heavy (non-hydrogen) atoms. The van der Waals surface area contributed by atoms with Crippen LogP contribution in [0.15, 0.2) is 30.7 Å². The zero-order valence-corrected chi connectivity index (χ0v) is 21.9. The Morgan fingerprint density at radius 1 is 1.00 bits per heavy atom. The summed E-state index contributed by atoms with van der Waals surface area (Å²) in [6.07, 6.45) is 7.29. The Labute approximate surface area is 216 Å². The molecule has 4 heterocycles. The van der Waals surface area contributed by atoms with E-state index in [9.17, 15) is 0 Å². The highest BCUT2D eigenvalue weighted by Crippen LogP contribution is 2.38. The average Bonchev–Trinajstić information content (AvgIpc) is 3.27. The number of hydrogen-bond acceptors (Lipinski definition) is 7. The summed E-state index contributed by atoms with van der Waals surface area (Å²) < 4.78 is 32.6. The van der Waals surface area contributed by atoms with Crippen molar-refractivity contribution in [2.75, 3.05) is 33.4 Å². The fourth-order valence-corrected chi connectivity index (χ4v) is 5.10. The number of halogens is 1. The first kappa shape index (κ1) is 25.2. The van der Waals surface area contributed by atoms with Crippen LogP contribution in [0.1, 0.15) is 45.2 Å². The van der Waals surface area contributed by atoms with Crippen molar-refractivity contribution >= 4 is 21.9 Å². The Bertz CT molecular complexity index is 1390. The molecule has 0 saturated carbocycles. The number of hydrogen-bond donors (Lipinski definition) is 1. The zero-order valence-electron chi connectivity index (χ0n) is 21.9. The maximum atomic E-state index is 15.1. The fraction of sp³-hybridized carbons (Fsp3) is 0.464. The molecule has 0 aliphatic carbocycles. The number of pyridine rings is 1. The Hall–Kier alpha value is -3.46. The Kier molecular flexibility index (Phi) is 7.15. The third-order valence-electron chi connectivity index (χ3n) is 7.53. The number of aryl methyl sites for hydroxylation is 1. The molecule has 1 aliphatic rings. The molecule has 5 rings (SSSR count). The van der Waals surface area contributed by atoms with Crippen LogP contribution in [0.25, 0.3) is 21.9 Å². The molecule has 0 unspecified atom stereocenters. The quantitative estimate of drug-likeness (QED) is 0.248. The highest BCUT2D eigenvalue weighted by Gasteiger charge is 2.38. The number of fused-ring (bicyclic) bond motifs is 2. The summed E-state index contributed by atoms with van der Waals surface area (Å²) in [6.45, 7) is 10.6. The molecule has 1 aliphatic heterocycles. The number of aromatic amines is 1. The summed E-state index contributed by atoms with van der Waals surface area (Å²) in [6, 6.07) is 5.27. The summed E-state index contributed by atoms with van der Waals surface area (Å²) >= 11 is 0. The molecule has 0 bridgehead atoms. The minimum atomic E-state index is -0.499. The van der Waals surface area contributed by atoms with Crippen molar-refractivity contribution in [3.63, 3.8) is 0 Å². The average molecular weight is 508 g/mol. The van der Waals surface area contributed by atoms with Gasteiger partial charge in [-0.2, -0.15) is 0 Å². The summed E-state index contributed by atoms with van der Waals surface area (Å²) in [5.41, 5.74) is 2.44. The van der Waals surface area contributed by atoms with Crippen LogP contribution in [0.4, 0.5) is 4.39 Å². The maximum Gasteiger partial charge on any atom is 0.230 e. The number of rotatable bonds is 11. The first-order chi connectivity index (χ1) is 17.9. The molecule has 1 fully saturated rings. The SMILES string of the molecule is CCC1(CC)CN(CCCCOc2cc3ncnc(Oc4cnc5[nH]c(C)cc5c4F)c3cc2OC)C1. The molecule has 0 spiro atoms. The van der Waals surface area contributed by atoms with Gasteiger partial charge in [0.2, 0.25) is 5.88 Å². The third-order valence-corrected chi connectivity index (χ3v) is 7.53. The summed E-state index contributed by atoms with van der Waals surface area (Å²) in [4.78, 5) is 18.4. The molecule has 8 nitrogen and oxygen atoms in total. The van der Waals surface area contributed by atoms with Gasteiger partial charge in [-0.3, -0.25) is 0 Å². The minimum Gasteiger partial charge on any atom is -0.493 e. The van der Waals surface area contributed by atoms with E-state index in [1.54, 1.807) is 19.2 Å². The van der Waals surface area contributed by atoms with Crippen LogP contribution >= 0.6 is 0 Å². The largest absolute Gasteiger partial charge is 0.493 e. The van der Waals surface area contributed by atoms with Crippen LogP contribution < -0.4 is 14.2 Å².